The van der Waals surface area contributed by atoms with Crippen LogP contribution in [0.15, 0.2) is 72.6 Å². The lowest BCUT2D eigenvalue weighted by Crippen LogP contribution is -2.29. The number of benzene rings is 2. The van der Waals surface area contributed by atoms with Crippen LogP contribution >= 0.6 is 0 Å². The third-order valence-electron chi connectivity index (χ3n) is 5.84. The molecule has 1 saturated heterocycles. The number of likely N-dealkylation sites (tertiary alicyclic amines) is 1. The summed E-state index contributed by atoms with van der Waals surface area (Å²) < 4.78 is 16.5. The zero-order chi connectivity index (χ0) is 23.7. The summed E-state index contributed by atoms with van der Waals surface area (Å²) in [7, 11) is 1.54. The summed E-state index contributed by atoms with van der Waals surface area (Å²) in [6, 6.07) is 14.8. The third-order valence-corrected chi connectivity index (χ3v) is 5.84. The molecule has 1 N–H and O–H groups in total. The van der Waals surface area contributed by atoms with Crippen molar-refractivity contribution in [1.82, 2.24) is 9.88 Å². The Balaban J connectivity index is 1.64. The molecule has 1 atom stereocenters. The van der Waals surface area contributed by atoms with E-state index in [0.29, 0.717) is 41.6 Å². The zero-order valence-electron chi connectivity index (χ0n) is 18.4. The molecular formula is C26H22N2O6. The fourth-order valence-corrected chi connectivity index (χ4v) is 4.24. The number of fused-ring (bicyclic) bond motifs is 1. The molecule has 5 rings (SSSR count). The number of nitrogens with zero attached hydrogens (tertiary/aromatic N) is 2. The second-order valence-electron chi connectivity index (χ2n) is 7.92. The Labute approximate surface area is 196 Å². The number of aromatic nitrogens is 1. The summed E-state index contributed by atoms with van der Waals surface area (Å²) in [5, 5.41) is 11.3. The Morgan fingerprint density at radius 1 is 1.09 bits per heavy atom. The summed E-state index contributed by atoms with van der Waals surface area (Å²) >= 11 is 0. The van der Waals surface area contributed by atoms with Gasteiger partial charge in [0, 0.05) is 24.5 Å². The quantitative estimate of drug-likeness (QED) is 0.355. The SMILES string of the molecule is COc1cccc(C2C(=C(O)c3ccc4c(c3)OCCO4)C(=O)C(=O)N2Cc2cccnc2)c1. The number of pyridine rings is 1. The average Bonchev–Trinajstić information content (AvgIpc) is 3.13. The number of amides is 1. The Hall–Kier alpha value is -4.33. The highest BCUT2D eigenvalue weighted by Gasteiger charge is 2.46. The van der Waals surface area contributed by atoms with Crippen molar-refractivity contribution in [1.29, 1.82) is 0 Å². The number of hydrogen-bond acceptors (Lipinski definition) is 7. The minimum Gasteiger partial charge on any atom is -0.507 e. The summed E-state index contributed by atoms with van der Waals surface area (Å²) in [6.45, 7) is 0.975. The molecule has 2 aliphatic heterocycles. The smallest absolute Gasteiger partial charge is 0.295 e. The molecular weight excluding hydrogens is 436 g/mol. The predicted octanol–water partition coefficient (Wildman–Crippen LogP) is 3.48. The summed E-state index contributed by atoms with van der Waals surface area (Å²) in [6.07, 6.45) is 3.28. The maximum absolute atomic E-state index is 13.2. The Morgan fingerprint density at radius 3 is 2.68 bits per heavy atom. The van der Waals surface area contributed by atoms with Gasteiger partial charge in [-0.2, -0.15) is 0 Å². The van der Waals surface area contributed by atoms with Gasteiger partial charge in [0.25, 0.3) is 11.7 Å². The second-order valence-corrected chi connectivity index (χ2v) is 7.92. The molecule has 0 saturated carbocycles. The molecule has 172 valence electrons. The number of methoxy groups -OCH3 is 1. The lowest BCUT2D eigenvalue weighted by molar-refractivity contribution is -0.140. The van der Waals surface area contributed by atoms with Crippen LogP contribution in [-0.4, -0.2) is 47.0 Å². The highest BCUT2D eigenvalue weighted by Crippen LogP contribution is 2.42. The number of carbonyl (C=O) groups excluding carboxylic acids is 2. The van der Waals surface area contributed by atoms with Gasteiger partial charge in [0.05, 0.1) is 18.7 Å². The fraction of sp³-hybridized carbons (Fsp3) is 0.192. The first kappa shape index (κ1) is 21.5. The minimum absolute atomic E-state index is 0.00109. The molecule has 0 radical (unpaired) electrons. The van der Waals surface area contributed by atoms with Gasteiger partial charge in [-0.25, -0.2) is 0 Å². The molecule has 8 nitrogen and oxygen atoms in total. The molecule has 3 aromatic rings. The van der Waals surface area contributed by atoms with Crippen LogP contribution in [0.2, 0.25) is 0 Å². The van der Waals surface area contributed by atoms with Crippen molar-refractivity contribution in [3.63, 3.8) is 0 Å². The Bertz CT molecular complexity index is 1290. The van der Waals surface area contributed by atoms with E-state index < -0.39 is 17.7 Å². The van der Waals surface area contributed by atoms with Crippen molar-refractivity contribution < 1.29 is 28.9 Å². The van der Waals surface area contributed by atoms with Gasteiger partial charge in [0.1, 0.15) is 24.7 Å². The molecule has 0 aliphatic carbocycles. The van der Waals surface area contributed by atoms with Gasteiger partial charge in [-0.15, -0.1) is 0 Å². The lowest BCUT2D eigenvalue weighted by Gasteiger charge is -2.25. The summed E-state index contributed by atoms with van der Waals surface area (Å²) in [5.74, 6) is -0.137. The van der Waals surface area contributed by atoms with Gasteiger partial charge in [0.2, 0.25) is 0 Å². The van der Waals surface area contributed by atoms with Crippen molar-refractivity contribution in [3.8, 4) is 17.2 Å². The van der Waals surface area contributed by atoms with E-state index in [1.807, 2.05) is 6.07 Å². The third kappa shape index (κ3) is 3.83. The number of Topliss-reactive ketones (excluding diaryl/α,β-unsaturated/α-hetero) is 1. The number of rotatable bonds is 5. The molecule has 0 bridgehead atoms. The van der Waals surface area contributed by atoms with Crippen LogP contribution in [0.5, 0.6) is 17.2 Å². The van der Waals surface area contributed by atoms with Crippen LogP contribution < -0.4 is 14.2 Å². The van der Waals surface area contributed by atoms with E-state index in [0.717, 1.165) is 5.56 Å². The highest BCUT2D eigenvalue weighted by atomic mass is 16.6. The number of aliphatic hydroxyl groups is 1. The van der Waals surface area contributed by atoms with Crippen molar-refractivity contribution >= 4 is 17.4 Å². The predicted molar refractivity (Wildman–Crippen MR) is 123 cm³/mol. The highest BCUT2D eigenvalue weighted by molar-refractivity contribution is 6.46. The standard InChI is InChI=1S/C26H22N2O6/c1-32-19-6-2-5-17(12-19)23-22(24(29)18-7-8-20-21(13-18)34-11-10-33-20)25(30)26(31)28(23)15-16-4-3-9-27-14-16/h2-9,12-14,23,29H,10-11,15H2,1H3. The molecule has 2 aromatic carbocycles. The van der Waals surface area contributed by atoms with Gasteiger partial charge in [-0.1, -0.05) is 18.2 Å². The van der Waals surface area contributed by atoms with Gasteiger partial charge in [-0.3, -0.25) is 14.6 Å². The minimum atomic E-state index is -0.816. The molecule has 1 unspecified atom stereocenters. The lowest BCUT2D eigenvalue weighted by atomic mass is 9.95. The average molecular weight is 458 g/mol. The molecule has 0 spiro atoms. The molecule has 1 amide bonds. The van der Waals surface area contributed by atoms with Gasteiger partial charge < -0.3 is 24.2 Å². The van der Waals surface area contributed by atoms with Crippen LogP contribution in [0.3, 0.4) is 0 Å². The van der Waals surface area contributed by atoms with E-state index >= 15 is 0 Å². The first-order chi connectivity index (χ1) is 16.6. The molecule has 8 heteroatoms. The van der Waals surface area contributed by atoms with Gasteiger partial charge >= 0.3 is 0 Å². The van der Waals surface area contributed by atoms with E-state index in [4.69, 9.17) is 14.2 Å². The maximum atomic E-state index is 13.2. The van der Waals surface area contributed by atoms with Crippen molar-refractivity contribution in [3.05, 3.63) is 89.3 Å². The second kappa shape index (κ2) is 8.90. The largest absolute Gasteiger partial charge is 0.507 e. The van der Waals surface area contributed by atoms with Crippen molar-refractivity contribution in [2.75, 3.05) is 20.3 Å². The van der Waals surface area contributed by atoms with Crippen LogP contribution in [-0.2, 0) is 16.1 Å². The fourth-order valence-electron chi connectivity index (χ4n) is 4.24. The Kier molecular flexibility index (Phi) is 5.63. The number of ketones is 1. The van der Waals surface area contributed by atoms with Crippen LogP contribution in [0.1, 0.15) is 22.7 Å². The topological polar surface area (TPSA) is 98.2 Å². The number of aliphatic hydroxyl groups excluding tert-OH is 1. The Morgan fingerprint density at radius 2 is 1.91 bits per heavy atom. The molecule has 3 heterocycles. The van der Waals surface area contributed by atoms with Crippen molar-refractivity contribution in [2.24, 2.45) is 0 Å². The maximum Gasteiger partial charge on any atom is 0.295 e. The van der Waals surface area contributed by atoms with E-state index in [2.05, 4.69) is 4.98 Å². The van der Waals surface area contributed by atoms with Crippen LogP contribution in [0.25, 0.3) is 5.76 Å². The van der Waals surface area contributed by atoms with E-state index in [-0.39, 0.29) is 17.9 Å². The normalized spacial score (nSPS) is 18.7. The monoisotopic (exact) mass is 458 g/mol. The van der Waals surface area contributed by atoms with Gasteiger partial charge in [0.15, 0.2) is 11.5 Å². The van der Waals surface area contributed by atoms with E-state index in [1.54, 1.807) is 68.0 Å². The number of hydrogen-bond donors (Lipinski definition) is 1. The number of ether oxygens (including phenoxy) is 3. The first-order valence-electron chi connectivity index (χ1n) is 10.8. The van der Waals surface area contributed by atoms with Crippen LogP contribution in [0.4, 0.5) is 0 Å². The summed E-state index contributed by atoms with van der Waals surface area (Å²) in [5.41, 5.74) is 1.76. The van der Waals surface area contributed by atoms with Crippen molar-refractivity contribution in [2.45, 2.75) is 12.6 Å². The zero-order valence-corrected chi connectivity index (χ0v) is 18.4. The van der Waals surface area contributed by atoms with E-state index in [1.165, 1.54) is 4.90 Å². The molecule has 2 aliphatic rings. The molecule has 1 aromatic heterocycles. The molecule has 1 fully saturated rings. The van der Waals surface area contributed by atoms with Gasteiger partial charge in [-0.05, 0) is 47.5 Å². The van der Waals surface area contributed by atoms with E-state index in [9.17, 15) is 14.7 Å². The molecule has 34 heavy (non-hydrogen) atoms. The summed E-state index contributed by atoms with van der Waals surface area (Å²) in [4.78, 5) is 31.9. The number of carbonyl (C=O) groups is 2. The van der Waals surface area contributed by atoms with Crippen LogP contribution in [0, 0.1) is 0 Å². The first-order valence-corrected chi connectivity index (χ1v) is 10.8.